The monoisotopic (exact) mass is 560 g/mol. The molecule has 0 fully saturated rings. The highest BCUT2D eigenvalue weighted by atomic mass is 35.5. The summed E-state index contributed by atoms with van der Waals surface area (Å²) in [4.78, 5) is 43.0. The summed E-state index contributed by atoms with van der Waals surface area (Å²) in [6.45, 7) is 0. The quantitative estimate of drug-likeness (QED) is 0.270. The van der Waals surface area contributed by atoms with E-state index in [1.165, 1.54) is 0 Å². The predicted molar refractivity (Wildman–Crippen MR) is 158 cm³/mol. The number of halogens is 2. The molecule has 4 aromatic rings. The molecular formula is C32H18Cl2N4O2. The van der Waals surface area contributed by atoms with Crippen LogP contribution in [0.5, 0.6) is 0 Å². The Balaban J connectivity index is 1.45. The van der Waals surface area contributed by atoms with Crippen LogP contribution in [0.15, 0.2) is 118 Å². The first-order valence-corrected chi connectivity index (χ1v) is 13.2. The molecule has 0 radical (unpaired) electrons. The number of benzene rings is 2. The molecule has 5 heterocycles. The summed E-state index contributed by atoms with van der Waals surface area (Å²) in [6, 6.07) is 21.8. The molecule has 192 valence electrons. The standard InChI is InChI=1S/C32H18Cl2N4O2/c33-19-5-1-17(2-6-19)29-21-9-13-25(35-21)31(39)27-15-11-23(37-27)30(18-3-7-20(34)8-4-18)24-12-16-28(38-24)32(40)26-14-10-22(29)36-26/h1-16,35,38H. The van der Waals surface area contributed by atoms with Crippen LogP contribution in [0.25, 0.3) is 11.1 Å². The van der Waals surface area contributed by atoms with Crippen LogP contribution in [0.1, 0.15) is 43.5 Å². The molecule has 8 heteroatoms. The van der Waals surface area contributed by atoms with Gasteiger partial charge in [0.15, 0.2) is 0 Å². The second kappa shape index (κ2) is 9.45. The Labute approximate surface area is 238 Å². The van der Waals surface area contributed by atoms with Crippen LogP contribution in [0, 0.1) is 0 Å². The van der Waals surface area contributed by atoms with Gasteiger partial charge in [0.05, 0.1) is 22.8 Å². The lowest BCUT2D eigenvalue weighted by Gasteiger charge is -2.10. The van der Waals surface area contributed by atoms with E-state index in [0.717, 1.165) is 22.3 Å². The molecule has 0 amide bonds. The number of carbonyl (C=O) groups excluding carboxylic acids is 2. The van der Waals surface area contributed by atoms with E-state index in [-0.39, 0.29) is 11.6 Å². The second-order valence-corrected chi connectivity index (χ2v) is 10.3. The van der Waals surface area contributed by atoms with Crippen molar-refractivity contribution >= 4 is 57.3 Å². The van der Waals surface area contributed by atoms with Crippen molar-refractivity contribution in [1.82, 2.24) is 9.97 Å². The van der Waals surface area contributed by atoms with Gasteiger partial charge in [0.25, 0.3) is 0 Å². The van der Waals surface area contributed by atoms with Gasteiger partial charge >= 0.3 is 0 Å². The van der Waals surface area contributed by atoms with Crippen LogP contribution in [0.4, 0.5) is 0 Å². The third-order valence-corrected chi connectivity index (χ3v) is 7.43. The minimum absolute atomic E-state index is 0.242. The number of nitrogens with one attached hydrogen (secondary N) is 2. The lowest BCUT2D eigenvalue weighted by Crippen LogP contribution is -2.11. The number of fused-ring (bicyclic) bond motifs is 6. The van der Waals surface area contributed by atoms with Gasteiger partial charge < -0.3 is 9.97 Å². The van der Waals surface area contributed by atoms with Crippen molar-refractivity contribution in [3.63, 3.8) is 0 Å². The van der Waals surface area contributed by atoms with Crippen molar-refractivity contribution in [1.29, 1.82) is 0 Å². The summed E-state index contributed by atoms with van der Waals surface area (Å²) in [6.07, 6.45) is 7.01. The number of nitrogens with zero attached hydrogens (tertiary/aromatic N) is 2. The Kier molecular flexibility index (Phi) is 5.73. The summed E-state index contributed by atoms with van der Waals surface area (Å²) < 4.78 is 0. The highest BCUT2D eigenvalue weighted by molar-refractivity contribution is 6.51. The number of hydrogen-bond acceptors (Lipinski definition) is 4. The van der Waals surface area contributed by atoms with Crippen molar-refractivity contribution in [2.24, 2.45) is 9.98 Å². The zero-order valence-corrected chi connectivity index (χ0v) is 22.2. The van der Waals surface area contributed by atoms with Crippen molar-refractivity contribution in [2.45, 2.75) is 0 Å². The summed E-state index contributed by atoms with van der Waals surface area (Å²) >= 11 is 12.3. The number of hydrogen-bond donors (Lipinski definition) is 2. The van der Waals surface area contributed by atoms with E-state index in [0.29, 0.717) is 55.6 Å². The Bertz CT molecular complexity index is 1790. The number of aromatic amines is 2. The van der Waals surface area contributed by atoms with Gasteiger partial charge in [-0.3, -0.25) is 9.59 Å². The molecule has 0 aliphatic carbocycles. The number of H-pyrrole nitrogens is 2. The molecule has 8 bridgehead atoms. The topological polar surface area (TPSA) is 90.4 Å². The molecule has 7 rings (SSSR count). The second-order valence-electron chi connectivity index (χ2n) is 9.42. The summed E-state index contributed by atoms with van der Waals surface area (Å²) in [7, 11) is 0. The molecule has 2 N–H and O–H groups in total. The highest BCUT2D eigenvalue weighted by Crippen LogP contribution is 2.34. The molecule has 6 nitrogen and oxygen atoms in total. The molecule has 0 spiro atoms. The van der Waals surface area contributed by atoms with E-state index in [4.69, 9.17) is 33.2 Å². The number of ketones is 2. The number of allylic oxidation sites excluding steroid dienone is 4. The average Bonchev–Trinajstić information content (AvgIpc) is 3.78. The first-order chi connectivity index (χ1) is 19.4. The van der Waals surface area contributed by atoms with Crippen LogP contribution in [-0.4, -0.2) is 33.0 Å². The summed E-state index contributed by atoms with van der Waals surface area (Å²) in [5.41, 5.74) is 7.05. The van der Waals surface area contributed by atoms with Crippen LogP contribution in [-0.2, 0) is 0 Å². The van der Waals surface area contributed by atoms with Crippen molar-refractivity contribution in [2.75, 3.05) is 0 Å². The SMILES string of the molecule is O=C1C2=NC(=C(c3ccc(Cl)cc3)c3ccc([nH]3)C(=O)C3=NC(=C(c4ccc(Cl)cc4)c4ccc1[nH]4)C=C3)C=C2. The Morgan fingerprint density at radius 1 is 0.475 bits per heavy atom. The Morgan fingerprint density at radius 2 is 0.850 bits per heavy atom. The van der Waals surface area contributed by atoms with E-state index >= 15 is 0 Å². The minimum Gasteiger partial charge on any atom is -0.352 e. The van der Waals surface area contributed by atoms with E-state index < -0.39 is 0 Å². The molecule has 0 unspecified atom stereocenters. The van der Waals surface area contributed by atoms with E-state index in [9.17, 15) is 9.59 Å². The third kappa shape index (κ3) is 4.14. The lowest BCUT2D eigenvalue weighted by molar-refractivity contribution is 0.105. The number of aromatic nitrogens is 2. The van der Waals surface area contributed by atoms with Crippen molar-refractivity contribution in [3.05, 3.63) is 152 Å². The first-order valence-electron chi connectivity index (χ1n) is 12.5. The number of carbonyl (C=O) groups is 2. The largest absolute Gasteiger partial charge is 0.352 e. The maximum absolute atomic E-state index is 13.5. The minimum atomic E-state index is -0.242. The molecule has 40 heavy (non-hydrogen) atoms. The third-order valence-electron chi connectivity index (χ3n) is 6.92. The van der Waals surface area contributed by atoms with Gasteiger partial charge in [-0.2, -0.15) is 0 Å². The van der Waals surface area contributed by atoms with Crippen molar-refractivity contribution < 1.29 is 9.59 Å². The van der Waals surface area contributed by atoms with Gasteiger partial charge in [-0.05, 0) is 84.0 Å². The fourth-order valence-electron chi connectivity index (χ4n) is 4.99. The number of rotatable bonds is 2. The number of aliphatic imine (C=N–C) groups is 2. The molecule has 0 atom stereocenters. The molecular weight excluding hydrogens is 543 g/mol. The summed E-state index contributed by atoms with van der Waals surface area (Å²) in [5.74, 6) is -0.483. The smallest absolute Gasteiger partial charge is 0.227 e. The maximum atomic E-state index is 13.5. The molecule has 3 aliphatic rings. The summed E-state index contributed by atoms with van der Waals surface area (Å²) in [5, 5.41) is 1.20. The van der Waals surface area contributed by atoms with Gasteiger partial charge in [0, 0.05) is 32.6 Å². The maximum Gasteiger partial charge on any atom is 0.227 e. The van der Waals surface area contributed by atoms with Gasteiger partial charge in [0.2, 0.25) is 11.6 Å². The lowest BCUT2D eigenvalue weighted by atomic mass is 10.0. The van der Waals surface area contributed by atoms with Crippen molar-refractivity contribution in [3.8, 4) is 0 Å². The average molecular weight is 561 g/mol. The Hall–Kier alpha value is -4.78. The Morgan fingerprint density at radius 3 is 1.25 bits per heavy atom. The normalized spacial score (nSPS) is 16.2. The molecule has 2 aromatic carbocycles. The van der Waals surface area contributed by atoms with Crippen LogP contribution in [0.3, 0.4) is 0 Å². The van der Waals surface area contributed by atoms with Gasteiger partial charge in [-0.25, -0.2) is 9.98 Å². The zero-order chi connectivity index (χ0) is 27.4. The van der Waals surface area contributed by atoms with Crippen LogP contribution >= 0.6 is 23.2 Å². The molecule has 0 saturated carbocycles. The molecule has 0 saturated heterocycles. The highest BCUT2D eigenvalue weighted by Gasteiger charge is 2.25. The van der Waals surface area contributed by atoms with Crippen LogP contribution < -0.4 is 0 Å². The van der Waals surface area contributed by atoms with Gasteiger partial charge in [-0.1, -0.05) is 47.5 Å². The fourth-order valence-corrected chi connectivity index (χ4v) is 5.25. The predicted octanol–water partition coefficient (Wildman–Crippen LogP) is 7.27. The molecule has 3 aliphatic heterocycles. The van der Waals surface area contributed by atoms with Crippen LogP contribution in [0.2, 0.25) is 10.0 Å². The fraction of sp³-hybridized carbons (Fsp3) is 0. The van der Waals surface area contributed by atoms with E-state index in [1.54, 1.807) is 60.7 Å². The van der Waals surface area contributed by atoms with E-state index in [1.807, 2.05) is 36.4 Å². The first kappa shape index (κ1) is 24.3. The van der Waals surface area contributed by atoms with Gasteiger partial charge in [0.1, 0.15) is 11.4 Å². The molecule has 2 aromatic heterocycles. The van der Waals surface area contributed by atoms with Gasteiger partial charge in [-0.15, -0.1) is 0 Å². The van der Waals surface area contributed by atoms with E-state index in [2.05, 4.69) is 9.97 Å². The number of Topliss-reactive ketones (excluding diaryl/α,β-unsaturated/α-hetero) is 2. The zero-order valence-electron chi connectivity index (χ0n) is 20.7.